The molecule has 1 N–H and O–H groups in total. The highest BCUT2D eigenvalue weighted by molar-refractivity contribution is 9.10. The van der Waals surface area contributed by atoms with Crippen molar-refractivity contribution < 1.29 is 4.39 Å². The maximum absolute atomic E-state index is 14.0. The molecule has 1 saturated heterocycles. The van der Waals surface area contributed by atoms with Gasteiger partial charge in [0, 0.05) is 42.3 Å². The minimum absolute atomic E-state index is 0. The summed E-state index contributed by atoms with van der Waals surface area (Å²) in [6.07, 6.45) is 0.943. The molecule has 1 aliphatic heterocycles. The molecule has 0 amide bonds. The Morgan fingerprint density at radius 2 is 2.06 bits per heavy atom. The standard InChI is InChI=1S/C13H18BrFN2.ClH/c1-2-13(17-7-5-16-6-8-17)11-4-3-10(14)9-12(11)15;/h3-4,9,13,16H,2,5-8H2,1H3;1H/t13-;/m1./s1. The van der Waals surface area contributed by atoms with Crippen molar-refractivity contribution in [3.05, 3.63) is 34.1 Å². The van der Waals surface area contributed by atoms with Crippen LogP contribution in [0.5, 0.6) is 0 Å². The van der Waals surface area contributed by atoms with Crippen LogP contribution in [-0.2, 0) is 0 Å². The van der Waals surface area contributed by atoms with E-state index in [0.717, 1.165) is 42.6 Å². The second kappa shape index (κ2) is 7.43. The van der Waals surface area contributed by atoms with Gasteiger partial charge in [-0.1, -0.05) is 28.9 Å². The van der Waals surface area contributed by atoms with E-state index in [0.29, 0.717) is 0 Å². The summed E-state index contributed by atoms with van der Waals surface area (Å²) in [5.74, 6) is -0.107. The summed E-state index contributed by atoms with van der Waals surface area (Å²) >= 11 is 3.30. The minimum Gasteiger partial charge on any atom is -0.314 e. The second-order valence-corrected chi connectivity index (χ2v) is 5.29. The summed E-state index contributed by atoms with van der Waals surface area (Å²) in [5, 5.41) is 3.33. The van der Waals surface area contributed by atoms with E-state index >= 15 is 0 Å². The van der Waals surface area contributed by atoms with Crippen molar-refractivity contribution >= 4 is 28.3 Å². The molecule has 0 aliphatic carbocycles. The lowest BCUT2D eigenvalue weighted by Crippen LogP contribution is -2.45. The number of rotatable bonds is 3. The number of piperazine rings is 1. The van der Waals surface area contributed by atoms with Crippen LogP contribution < -0.4 is 5.32 Å². The number of benzene rings is 1. The molecule has 0 unspecified atom stereocenters. The van der Waals surface area contributed by atoms with Gasteiger partial charge in [-0.25, -0.2) is 4.39 Å². The van der Waals surface area contributed by atoms with E-state index in [4.69, 9.17) is 0 Å². The first-order valence-corrected chi connectivity index (χ1v) is 6.91. The smallest absolute Gasteiger partial charge is 0.129 e. The molecule has 1 aromatic carbocycles. The molecule has 1 aromatic rings. The fourth-order valence-corrected chi connectivity index (χ4v) is 2.77. The van der Waals surface area contributed by atoms with Crippen LogP contribution in [0.25, 0.3) is 0 Å². The van der Waals surface area contributed by atoms with Gasteiger partial charge in [-0.05, 0) is 18.6 Å². The second-order valence-electron chi connectivity index (χ2n) is 4.38. The third-order valence-electron chi connectivity index (χ3n) is 3.30. The zero-order chi connectivity index (χ0) is 12.3. The molecule has 18 heavy (non-hydrogen) atoms. The van der Waals surface area contributed by atoms with Gasteiger partial charge in [0.05, 0.1) is 0 Å². The maximum atomic E-state index is 14.0. The Morgan fingerprint density at radius 1 is 1.39 bits per heavy atom. The summed E-state index contributed by atoms with van der Waals surface area (Å²) in [6.45, 7) is 6.10. The number of halogens is 3. The van der Waals surface area contributed by atoms with E-state index in [1.54, 1.807) is 6.07 Å². The van der Waals surface area contributed by atoms with Crippen LogP contribution >= 0.6 is 28.3 Å². The lowest BCUT2D eigenvalue weighted by molar-refractivity contribution is 0.166. The molecular formula is C13H19BrClFN2. The van der Waals surface area contributed by atoms with E-state index in [9.17, 15) is 4.39 Å². The fourth-order valence-electron chi connectivity index (χ4n) is 2.44. The van der Waals surface area contributed by atoms with Gasteiger partial charge in [0.25, 0.3) is 0 Å². The van der Waals surface area contributed by atoms with Crippen molar-refractivity contribution in [2.24, 2.45) is 0 Å². The Kier molecular flexibility index (Phi) is 6.57. The van der Waals surface area contributed by atoms with Crippen LogP contribution in [0.2, 0.25) is 0 Å². The Labute approximate surface area is 122 Å². The van der Waals surface area contributed by atoms with Gasteiger partial charge >= 0.3 is 0 Å². The van der Waals surface area contributed by atoms with E-state index < -0.39 is 0 Å². The summed E-state index contributed by atoms with van der Waals surface area (Å²) in [7, 11) is 0. The summed E-state index contributed by atoms with van der Waals surface area (Å²) in [6, 6.07) is 5.57. The third kappa shape index (κ3) is 3.67. The molecule has 1 aliphatic rings. The molecule has 2 rings (SSSR count). The Morgan fingerprint density at radius 3 is 2.61 bits per heavy atom. The highest BCUT2D eigenvalue weighted by atomic mass is 79.9. The first kappa shape index (κ1) is 15.9. The van der Waals surface area contributed by atoms with Gasteiger partial charge in [-0.15, -0.1) is 12.4 Å². The Balaban J connectivity index is 0.00000162. The molecule has 1 atom stereocenters. The maximum Gasteiger partial charge on any atom is 0.129 e. The van der Waals surface area contributed by atoms with Crippen molar-refractivity contribution in [3.63, 3.8) is 0 Å². The quantitative estimate of drug-likeness (QED) is 0.910. The van der Waals surface area contributed by atoms with Crippen LogP contribution in [0, 0.1) is 5.82 Å². The highest BCUT2D eigenvalue weighted by Crippen LogP contribution is 2.28. The molecule has 2 nitrogen and oxygen atoms in total. The number of nitrogens with one attached hydrogen (secondary N) is 1. The Hall–Kier alpha value is -0.160. The van der Waals surface area contributed by atoms with Crippen LogP contribution in [0.4, 0.5) is 4.39 Å². The molecule has 1 heterocycles. The largest absolute Gasteiger partial charge is 0.314 e. The zero-order valence-corrected chi connectivity index (χ0v) is 12.9. The van der Waals surface area contributed by atoms with Crippen LogP contribution in [0.3, 0.4) is 0 Å². The van der Waals surface area contributed by atoms with Crippen molar-refractivity contribution in [1.82, 2.24) is 10.2 Å². The average Bonchev–Trinajstić information content (AvgIpc) is 2.34. The molecule has 0 aromatic heterocycles. The van der Waals surface area contributed by atoms with E-state index in [1.807, 2.05) is 12.1 Å². The van der Waals surface area contributed by atoms with Crippen LogP contribution in [0.15, 0.2) is 22.7 Å². The molecule has 1 fully saturated rings. The monoisotopic (exact) mass is 336 g/mol. The first-order chi connectivity index (χ1) is 8.22. The molecule has 0 radical (unpaired) electrons. The predicted molar refractivity (Wildman–Crippen MR) is 78.8 cm³/mol. The lowest BCUT2D eigenvalue weighted by Gasteiger charge is -2.34. The summed E-state index contributed by atoms with van der Waals surface area (Å²) in [4.78, 5) is 2.36. The topological polar surface area (TPSA) is 15.3 Å². The molecule has 5 heteroatoms. The van der Waals surface area contributed by atoms with Crippen LogP contribution in [-0.4, -0.2) is 31.1 Å². The molecule has 0 saturated carbocycles. The third-order valence-corrected chi connectivity index (χ3v) is 3.79. The van der Waals surface area contributed by atoms with Crippen molar-refractivity contribution in [1.29, 1.82) is 0 Å². The molecule has 102 valence electrons. The number of hydrogen-bond acceptors (Lipinski definition) is 2. The van der Waals surface area contributed by atoms with Gasteiger partial charge in [0.15, 0.2) is 0 Å². The highest BCUT2D eigenvalue weighted by Gasteiger charge is 2.22. The normalized spacial score (nSPS) is 18.2. The molecular weight excluding hydrogens is 319 g/mol. The lowest BCUT2D eigenvalue weighted by atomic mass is 10.0. The molecule has 0 bridgehead atoms. The van der Waals surface area contributed by atoms with E-state index in [1.165, 1.54) is 0 Å². The minimum atomic E-state index is -0.107. The van der Waals surface area contributed by atoms with E-state index in [2.05, 4.69) is 33.1 Å². The SMILES string of the molecule is CC[C@H](c1ccc(Br)cc1F)N1CCNCC1.Cl. The molecule has 0 spiro atoms. The Bertz CT molecular complexity index is 383. The van der Waals surface area contributed by atoms with Crippen molar-refractivity contribution in [2.75, 3.05) is 26.2 Å². The zero-order valence-electron chi connectivity index (χ0n) is 10.5. The van der Waals surface area contributed by atoms with Gasteiger partial charge in [-0.2, -0.15) is 0 Å². The van der Waals surface area contributed by atoms with Crippen molar-refractivity contribution in [2.45, 2.75) is 19.4 Å². The number of nitrogens with zero attached hydrogens (tertiary/aromatic N) is 1. The van der Waals surface area contributed by atoms with Gasteiger partial charge in [-0.3, -0.25) is 4.90 Å². The summed E-state index contributed by atoms with van der Waals surface area (Å²) in [5.41, 5.74) is 0.817. The van der Waals surface area contributed by atoms with Gasteiger partial charge in [0.1, 0.15) is 5.82 Å². The van der Waals surface area contributed by atoms with E-state index in [-0.39, 0.29) is 24.3 Å². The van der Waals surface area contributed by atoms with Gasteiger partial charge < -0.3 is 5.32 Å². The van der Waals surface area contributed by atoms with Crippen molar-refractivity contribution in [3.8, 4) is 0 Å². The first-order valence-electron chi connectivity index (χ1n) is 6.12. The predicted octanol–water partition coefficient (Wildman–Crippen LogP) is 3.37. The van der Waals surface area contributed by atoms with Crippen LogP contribution in [0.1, 0.15) is 24.9 Å². The average molecular weight is 338 g/mol. The summed E-state index contributed by atoms with van der Waals surface area (Å²) < 4.78 is 14.8. The van der Waals surface area contributed by atoms with Gasteiger partial charge in [0.2, 0.25) is 0 Å². The number of hydrogen-bond donors (Lipinski definition) is 1. The fraction of sp³-hybridized carbons (Fsp3) is 0.538.